The minimum Gasteiger partial charge on any atom is -1.00 e. The Balaban J connectivity index is 0. The summed E-state index contributed by atoms with van der Waals surface area (Å²) in [6, 6.07) is 4.98. The smallest absolute Gasteiger partial charge is 1.00 e. The Morgan fingerprint density at radius 3 is 1.44 bits per heavy atom. The second kappa shape index (κ2) is 15.7. The number of hydrogen-bond acceptors (Lipinski definition) is 13. The molecule has 0 amide bonds. The molecule has 4 aromatic carbocycles. The number of fused-ring (bicyclic) bond motifs is 2. The van der Waals surface area contributed by atoms with Crippen LogP contribution in [0.1, 0.15) is 1.43 Å². The molecule has 0 unspecified atom stereocenters. The molecule has 0 radical (unpaired) electrons. The maximum atomic E-state index is 12.1. The van der Waals surface area contributed by atoms with E-state index in [9.17, 15) is 62.6 Å². The third-order valence-corrected chi connectivity index (χ3v) is 9.24. The van der Waals surface area contributed by atoms with E-state index in [1.54, 1.807) is 0 Å². The second-order valence-corrected chi connectivity index (χ2v) is 14.7. The zero-order valence-corrected chi connectivity index (χ0v) is 35.3. The fourth-order valence-corrected chi connectivity index (χ4v) is 6.24. The van der Waals surface area contributed by atoms with Crippen LogP contribution < -0.4 is 118 Å². The van der Waals surface area contributed by atoms with E-state index in [0.717, 1.165) is 24.5 Å². The number of rotatable bonds is 6. The van der Waals surface area contributed by atoms with Crippen molar-refractivity contribution in [3.8, 4) is 17.2 Å². The van der Waals surface area contributed by atoms with Gasteiger partial charge < -0.3 is 16.7 Å². The molecule has 0 saturated carbocycles. The molecule has 0 aromatic heterocycles. The van der Waals surface area contributed by atoms with Crippen LogP contribution in [0.15, 0.2) is 72.3 Å². The quantitative estimate of drug-likeness (QED) is 0.0608. The number of azo groups is 1. The minimum absolute atomic E-state index is 0. The van der Waals surface area contributed by atoms with Gasteiger partial charge in [0.25, 0.3) is 30.4 Å². The molecule has 0 heterocycles. The fraction of sp³-hybridized carbons (Fsp3) is 0.0476. The molecular formula is C21H17N2Na4O14S4+3. The van der Waals surface area contributed by atoms with Gasteiger partial charge in [-0.25, -0.2) is 8.42 Å². The summed E-state index contributed by atoms with van der Waals surface area (Å²) in [6.07, 6.45) is 0.800. The third kappa shape index (κ3) is 9.84. The average Bonchev–Trinajstić information content (AvgIpc) is 2.80. The van der Waals surface area contributed by atoms with Crippen molar-refractivity contribution in [3.05, 3.63) is 42.5 Å². The number of phenolic OH excluding ortho intramolecular Hbond substituents is 3. The SMILES string of the molecule is CS(=O)(=O)c1cc(O)c2c(N=Nc3c(S(=O)(=O)O)cc4cc(S(=O)(=O)O)cc(O)c4c3O)cc(S(=O)(=O)O)cc2c1.[H-].[Na+].[Na+].[Na+].[Na+]. The van der Waals surface area contributed by atoms with Gasteiger partial charge in [0.2, 0.25) is 0 Å². The molecule has 0 spiro atoms. The standard InChI is InChI=1S/C21H16N2O14S4.4Na.H/c1-38(27,28)11-2-9-3-12(39(29,30)31)6-14(18(9)15(24)7-11)22-23-20-17(41(35,36)37)5-10-4-13(40(32,33)34)8-16(25)19(10)21(20)26;;;;;/h2-8,24-26H,1H3,(H,29,30,31)(H,32,33,34)(H,35,36,37);;;;;/q;4*+1;-1. The van der Waals surface area contributed by atoms with Crippen LogP contribution in [0.4, 0.5) is 11.4 Å². The van der Waals surface area contributed by atoms with E-state index < -0.39 is 99.2 Å². The summed E-state index contributed by atoms with van der Waals surface area (Å²) in [5.74, 6) is -2.90. The molecule has 0 aliphatic rings. The van der Waals surface area contributed by atoms with Crippen LogP contribution in [0, 0.1) is 0 Å². The summed E-state index contributed by atoms with van der Waals surface area (Å²) in [4.78, 5) is -3.37. The molecule has 4 rings (SSSR count). The fourth-order valence-electron chi connectivity index (χ4n) is 3.84. The summed E-state index contributed by atoms with van der Waals surface area (Å²) in [6.45, 7) is 0. The zero-order valence-electron chi connectivity index (χ0n) is 25.0. The van der Waals surface area contributed by atoms with Gasteiger partial charge in [-0.05, 0) is 47.2 Å². The van der Waals surface area contributed by atoms with Gasteiger partial charge in [0, 0.05) is 12.3 Å². The van der Waals surface area contributed by atoms with Crippen molar-refractivity contribution >= 4 is 73.1 Å². The molecule has 6 N–H and O–H groups in total. The van der Waals surface area contributed by atoms with Crippen LogP contribution in [0.25, 0.3) is 21.5 Å². The van der Waals surface area contributed by atoms with Crippen molar-refractivity contribution < 1.29 is 182 Å². The Hall–Kier alpha value is 0.0800. The molecule has 0 fully saturated rings. The Kier molecular flexibility index (Phi) is 15.8. The first kappa shape index (κ1) is 45.1. The molecule has 0 bridgehead atoms. The van der Waals surface area contributed by atoms with Crippen molar-refractivity contribution in [1.29, 1.82) is 0 Å². The summed E-state index contributed by atoms with van der Waals surface area (Å²) >= 11 is 0. The molecule has 4 aromatic rings. The Bertz CT molecular complexity index is 2300. The van der Waals surface area contributed by atoms with Gasteiger partial charge >= 0.3 is 118 Å². The van der Waals surface area contributed by atoms with Crippen molar-refractivity contribution in [3.63, 3.8) is 0 Å². The van der Waals surface area contributed by atoms with Crippen molar-refractivity contribution in [2.24, 2.45) is 10.2 Å². The van der Waals surface area contributed by atoms with Gasteiger partial charge in [0.15, 0.2) is 15.6 Å². The van der Waals surface area contributed by atoms with E-state index in [0.29, 0.717) is 24.3 Å². The van der Waals surface area contributed by atoms with Gasteiger partial charge in [0.05, 0.1) is 31.1 Å². The number of sulfone groups is 1. The molecule has 16 nitrogen and oxygen atoms in total. The first-order chi connectivity index (χ1) is 18.6. The normalized spacial score (nSPS) is 12.2. The maximum Gasteiger partial charge on any atom is 1.00 e. The molecule has 45 heavy (non-hydrogen) atoms. The number of hydrogen-bond donors (Lipinski definition) is 6. The van der Waals surface area contributed by atoms with E-state index in [4.69, 9.17) is 0 Å². The zero-order chi connectivity index (χ0) is 30.9. The minimum atomic E-state index is -5.28. The van der Waals surface area contributed by atoms with Gasteiger partial charge in [-0.3, -0.25) is 13.7 Å². The summed E-state index contributed by atoms with van der Waals surface area (Å²) in [7, 11) is -19.1. The van der Waals surface area contributed by atoms with E-state index in [1.807, 2.05) is 0 Å². The Morgan fingerprint density at radius 1 is 0.556 bits per heavy atom. The van der Waals surface area contributed by atoms with Crippen molar-refractivity contribution in [1.82, 2.24) is 0 Å². The molecule has 0 aliphatic carbocycles. The molecule has 220 valence electrons. The predicted octanol–water partition coefficient (Wildman–Crippen LogP) is -9.20. The van der Waals surface area contributed by atoms with Crippen LogP contribution in [-0.2, 0) is 40.2 Å². The van der Waals surface area contributed by atoms with E-state index in [2.05, 4.69) is 10.2 Å². The molecule has 0 saturated heterocycles. The van der Waals surface area contributed by atoms with Gasteiger partial charge in [0.1, 0.15) is 22.1 Å². The maximum absolute atomic E-state index is 12.1. The van der Waals surface area contributed by atoms with Crippen LogP contribution in [0.5, 0.6) is 17.2 Å². The predicted molar refractivity (Wildman–Crippen MR) is 141 cm³/mol. The number of aromatic hydroxyl groups is 3. The van der Waals surface area contributed by atoms with E-state index in [1.165, 1.54) is 0 Å². The van der Waals surface area contributed by atoms with E-state index >= 15 is 0 Å². The number of nitrogens with zero attached hydrogens (tertiary/aromatic N) is 2. The van der Waals surface area contributed by atoms with Gasteiger partial charge in [-0.1, -0.05) is 0 Å². The summed E-state index contributed by atoms with van der Waals surface area (Å²) in [5, 5.41) is 37.1. The van der Waals surface area contributed by atoms with Gasteiger partial charge in [-0.15, -0.1) is 10.2 Å². The van der Waals surface area contributed by atoms with Crippen LogP contribution >= 0.6 is 0 Å². The van der Waals surface area contributed by atoms with E-state index in [-0.39, 0.29) is 130 Å². The summed E-state index contributed by atoms with van der Waals surface area (Å²) in [5.41, 5.74) is -1.65. The van der Waals surface area contributed by atoms with Crippen LogP contribution in [-0.4, -0.2) is 68.9 Å². The monoisotopic (exact) mass is 741 g/mol. The third-order valence-electron chi connectivity index (χ3n) is 5.62. The first-order valence-electron chi connectivity index (χ1n) is 10.5. The van der Waals surface area contributed by atoms with Crippen molar-refractivity contribution in [2.45, 2.75) is 19.6 Å². The van der Waals surface area contributed by atoms with Crippen LogP contribution in [0.3, 0.4) is 0 Å². The Labute approximate surface area is 346 Å². The summed E-state index contributed by atoms with van der Waals surface area (Å²) < 4.78 is 123. The second-order valence-electron chi connectivity index (χ2n) is 8.49. The Morgan fingerprint density at radius 2 is 0.978 bits per heavy atom. The first-order valence-corrected chi connectivity index (χ1v) is 16.7. The molecular weight excluding hydrogens is 724 g/mol. The molecule has 0 atom stereocenters. The largest absolute Gasteiger partial charge is 1.00 e. The average molecular weight is 742 g/mol. The number of phenols is 3. The van der Waals surface area contributed by atoms with Gasteiger partial charge in [-0.2, -0.15) is 25.3 Å². The molecule has 24 heteroatoms. The molecule has 0 aliphatic heterocycles. The van der Waals surface area contributed by atoms with Crippen LogP contribution in [0.2, 0.25) is 0 Å². The van der Waals surface area contributed by atoms with Crippen molar-refractivity contribution in [2.75, 3.05) is 6.26 Å². The topological polar surface area (TPSA) is 283 Å². The number of benzene rings is 4.